The van der Waals surface area contributed by atoms with E-state index in [1.165, 1.54) is 4.31 Å². The highest BCUT2D eigenvalue weighted by atomic mass is 32.2. The summed E-state index contributed by atoms with van der Waals surface area (Å²) in [5.74, 6) is 0.132. The lowest BCUT2D eigenvalue weighted by atomic mass is 10.0. The first-order chi connectivity index (χ1) is 17.9. The monoisotopic (exact) mass is 525 g/mol. The van der Waals surface area contributed by atoms with Crippen molar-refractivity contribution in [3.8, 4) is 5.75 Å². The Morgan fingerprint density at radius 2 is 1.95 bits per heavy atom. The molecule has 0 spiro atoms. The van der Waals surface area contributed by atoms with E-state index in [1.807, 2.05) is 31.2 Å². The van der Waals surface area contributed by atoms with Crippen molar-refractivity contribution in [1.82, 2.24) is 14.5 Å². The lowest BCUT2D eigenvalue weighted by molar-refractivity contribution is -0.119. The number of rotatable bonds is 5. The number of aromatic nitrogens is 2. The standard InChI is InChI=1S/C26H31N5O5S/c1-17-12-19-15-27-29-25(19)24(13-17)37(33,34)30-7-4-18(16-30)26(32)28-20-2-3-22-23(14-20)36-11-8-31(22)21-5-9-35-10-6-21/h2-3,12-15,18,21H,4-11,16H2,1H3,(H,27,29)(H,28,32)/t18-/m1/s1. The average Bonchev–Trinajstić information content (AvgIpc) is 3.59. The highest BCUT2D eigenvalue weighted by molar-refractivity contribution is 7.89. The first-order valence-corrected chi connectivity index (χ1v) is 14.2. The summed E-state index contributed by atoms with van der Waals surface area (Å²) < 4.78 is 39.8. The minimum atomic E-state index is -3.78. The number of carbonyl (C=O) groups is 1. The molecular weight excluding hydrogens is 494 g/mol. The van der Waals surface area contributed by atoms with E-state index in [9.17, 15) is 13.2 Å². The Balaban J connectivity index is 1.15. The minimum Gasteiger partial charge on any atom is -0.489 e. The molecule has 3 aromatic rings. The van der Waals surface area contributed by atoms with Gasteiger partial charge in [0, 0.05) is 49.5 Å². The SMILES string of the molecule is Cc1cc(S(=O)(=O)N2CC[C@@H](C(=O)Nc3ccc4c(c3)OCCN4C3CCOCC3)C2)c2[nH]ncc2c1. The molecule has 2 aromatic carbocycles. The maximum absolute atomic E-state index is 13.5. The molecule has 2 fully saturated rings. The van der Waals surface area contributed by atoms with Crippen LogP contribution >= 0.6 is 0 Å². The van der Waals surface area contributed by atoms with Crippen molar-refractivity contribution in [3.05, 3.63) is 42.1 Å². The summed E-state index contributed by atoms with van der Waals surface area (Å²) in [4.78, 5) is 15.7. The maximum Gasteiger partial charge on any atom is 0.245 e. The van der Waals surface area contributed by atoms with Gasteiger partial charge in [-0.25, -0.2) is 8.42 Å². The van der Waals surface area contributed by atoms with Gasteiger partial charge in [0.2, 0.25) is 15.9 Å². The molecule has 4 heterocycles. The Bertz CT molecular complexity index is 1430. The molecule has 1 aromatic heterocycles. The molecule has 0 bridgehead atoms. The van der Waals surface area contributed by atoms with Crippen LogP contribution in [0.1, 0.15) is 24.8 Å². The second kappa shape index (κ2) is 9.62. The van der Waals surface area contributed by atoms with E-state index in [-0.39, 0.29) is 23.9 Å². The summed E-state index contributed by atoms with van der Waals surface area (Å²) in [5.41, 5.74) is 3.02. The molecule has 1 atom stereocenters. The summed E-state index contributed by atoms with van der Waals surface area (Å²) in [6.45, 7) is 5.26. The topological polar surface area (TPSA) is 117 Å². The van der Waals surface area contributed by atoms with Crippen molar-refractivity contribution in [3.63, 3.8) is 0 Å². The fraction of sp³-hybridized carbons (Fsp3) is 0.462. The normalized spacial score (nSPS) is 21.1. The molecule has 2 saturated heterocycles. The fourth-order valence-electron chi connectivity index (χ4n) is 5.61. The number of benzene rings is 2. The minimum absolute atomic E-state index is 0.136. The van der Waals surface area contributed by atoms with Crippen LogP contribution in [0.4, 0.5) is 11.4 Å². The summed E-state index contributed by atoms with van der Waals surface area (Å²) in [6.07, 6.45) is 4.07. The van der Waals surface area contributed by atoms with Gasteiger partial charge < -0.3 is 19.7 Å². The van der Waals surface area contributed by atoms with Gasteiger partial charge in [0.1, 0.15) is 17.3 Å². The van der Waals surface area contributed by atoms with Gasteiger partial charge in [0.05, 0.1) is 29.9 Å². The van der Waals surface area contributed by atoms with Crippen molar-refractivity contribution >= 4 is 38.2 Å². The number of hydrogen-bond donors (Lipinski definition) is 2. The predicted octanol–water partition coefficient (Wildman–Crippen LogP) is 2.90. The van der Waals surface area contributed by atoms with Crippen molar-refractivity contribution in [2.24, 2.45) is 5.92 Å². The molecule has 196 valence electrons. The smallest absolute Gasteiger partial charge is 0.245 e. The number of carbonyl (C=O) groups excluding carboxylic acids is 1. The van der Waals surface area contributed by atoms with Crippen LogP contribution in [0.25, 0.3) is 10.9 Å². The van der Waals surface area contributed by atoms with E-state index in [0.29, 0.717) is 30.3 Å². The molecule has 11 heteroatoms. The van der Waals surface area contributed by atoms with Crippen molar-refractivity contribution in [1.29, 1.82) is 0 Å². The zero-order chi connectivity index (χ0) is 25.6. The summed E-state index contributed by atoms with van der Waals surface area (Å²) in [7, 11) is -3.78. The van der Waals surface area contributed by atoms with E-state index in [4.69, 9.17) is 9.47 Å². The Hall–Kier alpha value is -3.15. The number of sulfonamides is 1. The lowest BCUT2D eigenvalue weighted by Crippen LogP contribution is -2.44. The van der Waals surface area contributed by atoms with E-state index in [2.05, 4.69) is 20.4 Å². The highest BCUT2D eigenvalue weighted by Crippen LogP contribution is 2.37. The second-order valence-corrected chi connectivity index (χ2v) is 11.9. The number of nitrogens with zero attached hydrogens (tertiary/aromatic N) is 3. The Labute approximate surface area is 216 Å². The number of ether oxygens (including phenoxy) is 2. The zero-order valence-corrected chi connectivity index (χ0v) is 21.6. The summed E-state index contributed by atoms with van der Waals surface area (Å²) >= 11 is 0. The van der Waals surface area contributed by atoms with Crippen LogP contribution < -0.4 is 15.0 Å². The lowest BCUT2D eigenvalue weighted by Gasteiger charge is -2.39. The molecule has 0 saturated carbocycles. The third-order valence-corrected chi connectivity index (χ3v) is 9.44. The zero-order valence-electron chi connectivity index (χ0n) is 20.8. The average molecular weight is 526 g/mol. The van der Waals surface area contributed by atoms with Crippen LogP contribution in [-0.2, 0) is 19.6 Å². The van der Waals surface area contributed by atoms with E-state index < -0.39 is 15.9 Å². The van der Waals surface area contributed by atoms with Crippen LogP contribution in [0.15, 0.2) is 41.4 Å². The van der Waals surface area contributed by atoms with Gasteiger partial charge in [0.15, 0.2) is 0 Å². The molecule has 0 radical (unpaired) electrons. The highest BCUT2D eigenvalue weighted by Gasteiger charge is 2.37. The van der Waals surface area contributed by atoms with Crippen LogP contribution in [0.5, 0.6) is 5.75 Å². The molecule has 0 aliphatic carbocycles. The van der Waals surface area contributed by atoms with Crippen molar-refractivity contribution < 1.29 is 22.7 Å². The van der Waals surface area contributed by atoms with Crippen molar-refractivity contribution in [2.75, 3.05) is 49.7 Å². The molecule has 37 heavy (non-hydrogen) atoms. The van der Waals surface area contributed by atoms with Gasteiger partial charge in [0.25, 0.3) is 0 Å². The van der Waals surface area contributed by atoms with E-state index >= 15 is 0 Å². The first-order valence-electron chi connectivity index (χ1n) is 12.8. The summed E-state index contributed by atoms with van der Waals surface area (Å²) in [5, 5.41) is 10.5. The molecule has 1 amide bonds. The van der Waals surface area contributed by atoms with Gasteiger partial charge in [-0.3, -0.25) is 9.89 Å². The van der Waals surface area contributed by atoms with Gasteiger partial charge in [-0.15, -0.1) is 0 Å². The predicted molar refractivity (Wildman–Crippen MR) is 139 cm³/mol. The van der Waals surface area contributed by atoms with Crippen LogP contribution in [0.3, 0.4) is 0 Å². The number of aromatic amines is 1. The molecule has 3 aliphatic rings. The molecule has 10 nitrogen and oxygen atoms in total. The molecule has 6 rings (SSSR count). The van der Waals surface area contributed by atoms with E-state index in [0.717, 1.165) is 55.0 Å². The second-order valence-electron chi connectivity index (χ2n) is 10.0. The van der Waals surface area contributed by atoms with Crippen LogP contribution in [0, 0.1) is 12.8 Å². The Morgan fingerprint density at radius 1 is 1.11 bits per heavy atom. The fourth-order valence-corrected chi connectivity index (χ4v) is 7.37. The molecule has 0 unspecified atom stereocenters. The number of fused-ring (bicyclic) bond motifs is 2. The number of amides is 1. The van der Waals surface area contributed by atoms with Gasteiger partial charge in [-0.1, -0.05) is 0 Å². The Morgan fingerprint density at radius 3 is 2.78 bits per heavy atom. The third-order valence-electron chi connectivity index (χ3n) is 7.55. The quantitative estimate of drug-likeness (QED) is 0.526. The maximum atomic E-state index is 13.5. The number of aryl methyl sites for hydroxylation is 1. The number of hydrogen-bond acceptors (Lipinski definition) is 7. The molecule has 3 aliphatic heterocycles. The molecular formula is C26H31N5O5S. The Kier molecular flexibility index (Phi) is 6.29. The number of nitrogens with one attached hydrogen (secondary N) is 2. The van der Waals surface area contributed by atoms with Crippen LogP contribution in [0.2, 0.25) is 0 Å². The third kappa shape index (κ3) is 4.55. The summed E-state index contributed by atoms with van der Waals surface area (Å²) in [6, 6.07) is 9.73. The first kappa shape index (κ1) is 24.2. The van der Waals surface area contributed by atoms with Gasteiger partial charge in [-0.2, -0.15) is 9.40 Å². The van der Waals surface area contributed by atoms with Gasteiger partial charge >= 0.3 is 0 Å². The number of anilines is 2. The molecule has 2 N–H and O–H groups in total. The largest absolute Gasteiger partial charge is 0.489 e. The number of H-pyrrole nitrogens is 1. The van der Waals surface area contributed by atoms with Crippen LogP contribution in [-0.4, -0.2) is 74.3 Å². The van der Waals surface area contributed by atoms with Crippen molar-refractivity contribution in [2.45, 2.75) is 37.1 Å². The van der Waals surface area contributed by atoms with E-state index in [1.54, 1.807) is 12.3 Å². The van der Waals surface area contributed by atoms with Gasteiger partial charge in [-0.05, 0) is 56.0 Å².